The van der Waals surface area contributed by atoms with Gasteiger partial charge < -0.3 is 9.94 Å². The molecule has 5 nitrogen and oxygen atoms in total. The van der Waals surface area contributed by atoms with Crippen LogP contribution >= 0.6 is 0 Å². The first kappa shape index (κ1) is 10.7. The zero-order chi connectivity index (χ0) is 10.9. The molecule has 0 fully saturated rings. The minimum atomic E-state index is -0.916. The van der Waals surface area contributed by atoms with Gasteiger partial charge in [0.15, 0.2) is 0 Å². The van der Waals surface area contributed by atoms with Gasteiger partial charge in [-0.3, -0.25) is 4.79 Å². The van der Waals surface area contributed by atoms with Gasteiger partial charge in [-0.05, 0) is 20.8 Å². The minimum absolute atomic E-state index is 0.231. The van der Waals surface area contributed by atoms with E-state index in [1.165, 1.54) is 0 Å². The fourth-order valence-electron chi connectivity index (χ4n) is 1.11. The summed E-state index contributed by atoms with van der Waals surface area (Å²) in [6.07, 6.45) is 0.231. The van der Waals surface area contributed by atoms with Crippen LogP contribution in [0.2, 0.25) is 0 Å². The monoisotopic (exact) mass is 199 g/mol. The van der Waals surface area contributed by atoms with Crippen LogP contribution in [0.3, 0.4) is 0 Å². The highest BCUT2D eigenvalue weighted by Crippen LogP contribution is 2.26. The summed E-state index contributed by atoms with van der Waals surface area (Å²) in [5.41, 5.74) is -0.413. The van der Waals surface area contributed by atoms with Gasteiger partial charge in [0.05, 0.1) is 17.0 Å². The molecule has 0 saturated heterocycles. The van der Waals surface area contributed by atoms with E-state index in [-0.39, 0.29) is 6.42 Å². The SMILES string of the molecule is CC1C(=O)ON=C1CC(C)(C)C(=O)O. The van der Waals surface area contributed by atoms with Crippen molar-refractivity contribution in [2.75, 3.05) is 0 Å². The van der Waals surface area contributed by atoms with Crippen LogP contribution in [0.1, 0.15) is 27.2 Å². The average Bonchev–Trinajstić information content (AvgIpc) is 2.35. The number of carbonyl (C=O) groups excluding carboxylic acids is 1. The Bertz CT molecular complexity index is 306. The number of rotatable bonds is 3. The Kier molecular flexibility index (Phi) is 2.59. The number of carboxylic acids is 1. The van der Waals surface area contributed by atoms with E-state index in [9.17, 15) is 9.59 Å². The van der Waals surface area contributed by atoms with E-state index in [1.807, 2.05) is 0 Å². The standard InChI is InChI=1S/C9H13NO4/c1-5-6(10-14-7(5)11)4-9(2,3)8(12)13/h5H,4H2,1-3H3,(H,12,13). The van der Waals surface area contributed by atoms with Crippen molar-refractivity contribution in [3.8, 4) is 0 Å². The van der Waals surface area contributed by atoms with Crippen molar-refractivity contribution < 1.29 is 19.5 Å². The average molecular weight is 199 g/mol. The molecule has 0 amide bonds. The van der Waals surface area contributed by atoms with Crippen LogP contribution < -0.4 is 0 Å². The lowest BCUT2D eigenvalue weighted by Crippen LogP contribution is -2.29. The highest BCUT2D eigenvalue weighted by molar-refractivity contribution is 6.05. The predicted molar refractivity (Wildman–Crippen MR) is 48.7 cm³/mol. The lowest BCUT2D eigenvalue weighted by Gasteiger charge is -2.18. The van der Waals surface area contributed by atoms with Crippen LogP contribution in [0.15, 0.2) is 5.16 Å². The maximum absolute atomic E-state index is 11.0. The van der Waals surface area contributed by atoms with E-state index >= 15 is 0 Å². The molecule has 0 radical (unpaired) electrons. The number of hydrogen-bond donors (Lipinski definition) is 1. The van der Waals surface area contributed by atoms with Gasteiger partial charge in [0.2, 0.25) is 0 Å². The molecule has 0 spiro atoms. The fourth-order valence-corrected chi connectivity index (χ4v) is 1.11. The highest BCUT2D eigenvalue weighted by atomic mass is 16.7. The lowest BCUT2D eigenvalue weighted by atomic mass is 9.84. The zero-order valence-electron chi connectivity index (χ0n) is 8.40. The third-order valence-electron chi connectivity index (χ3n) is 2.31. The zero-order valence-corrected chi connectivity index (χ0v) is 8.40. The summed E-state index contributed by atoms with van der Waals surface area (Å²) < 4.78 is 0. The molecule has 5 heteroatoms. The van der Waals surface area contributed by atoms with E-state index in [2.05, 4.69) is 9.99 Å². The van der Waals surface area contributed by atoms with Crippen molar-refractivity contribution >= 4 is 17.7 Å². The Morgan fingerprint density at radius 3 is 2.57 bits per heavy atom. The number of oxime groups is 1. The Balaban J connectivity index is 2.71. The molecule has 78 valence electrons. The Morgan fingerprint density at radius 2 is 2.21 bits per heavy atom. The smallest absolute Gasteiger partial charge is 0.343 e. The first-order chi connectivity index (χ1) is 6.34. The first-order valence-corrected chi connectivity index (χ1v) is 4.35. The summed E-state index contributed by atoms with van der Waals surface area (Å²) in [4.78, 5) is 26.2. The Morgan fingerprint density at radius 1 is 1.64 bits per heavy atom. The van der Waals surface area contributed by atoms with E-state index in [0.29, 0.717) is 5.71 Å². The molecule has 0 aromatic heterocycles. The van der Waals surface area contributed by atoms with Gasteiger partial charge in [-0.15, -0.1) is 0 Å². The van der Waals surface area contributed by atoms with Crippen LogP contribution in [0.4, 0.5) is 0 Å². The second-order valence-electron chi connectivity index (χ2n) is 4.08. The lowest BCUT2D eigenvalue weighted by molar-refractivity contribution is -0.146. The van der Waals surface area contributed by atoms with Gasteiger partial charge in [-0.2, -0.15) is 0 Å². The molecule has 0 aliphatic carbocycles. The van der Waals surface area contributed by atoms with Gasteiger partial charge in [-0.25, -0.2) is 4.79 Å². The third-order valence-corrected chi connectivity index (χ3v) is 2.31. The van der Waals surface area contributed by atoms with E-state index in [1.54, 1.807) is 20.8 Å². The van der Waals surface area contributed by atoms with Crippen LogP contribution in [0.25, 0.3) is 0 Å². The van der Waals surface area contributed by atoms with Gasteiger partial charge >= 0.3 is 11.9 Å². The molecule has 14 heavy (non-hydrogen) atoms. The van der Waals surface area contributed by atoms with Crippen molar-refractivity contribution in [3.63, 3.8) is 0 Å². The number of carbonyl (C=O) groups is 2. The summed E-state index contributed by atoms with van der Waals surface area (Å²) >= 11 is 0. The van der Waals surface area contributed by atoms with Gasteiger partial charge in [-0.1, -0.05) is 5.16 Å². The summed E-state index contributed by atoms with van der Waals surface area (Å²) in [5.74, 6) is -1.75. The first-order valence-electron chi connectivity index (χ1n) is 4.35. The minimum Gasteiger partial charge on any atom is -0.481 e. The number of aliphatic carboxylic acids is 1. The number of hydrogen-bond acceptors (Lipinski definition) is 4. The summed E-state index contributed by atoms with van der Waals surface area (Å²) in [7, 11) is 0. The van der Waals surface area contributed by atoms with Crippen molar-refractivity contribution in [2.45, 2.75) is 27.2 Å². The van der Waals surface area contributed by atoms with Crippen LogP contribution in [0.5, 0.6) is 0 Å². The molecule has 0 bridgehead atoms. The van der Waals surface area contributed by atoms with E-state index < -0.39 is 23.3 Å². The van der Waals surface area contributed by atoms with E-state index in [0.717, 1.165) is 0 Å². The molecule has 0 saturated carbocycles. The summed E-state index contributed by atoms with van der Waals surface area (Å²) in [5, 5.41) is 12.4. The molecular weight excluding hydrogens is 186 g/mol. The molecule has 1 heterocycles. The number of nitrogens with zero attached hydrogens (tertiary/aromatic N) is 1. The molecular formula is C9H13NO4. The molecule has 1 aliphatic heterocycles. The maximum Gasteiger partial charge on any atom is 0.343 e. The summed E-state index contributed by atoms with van der Waals surface area (Å²) in [6, 6.07) is 0. The fraction of sp³-hybridized carbons (Fsp3) is 0.667. The third kappa shape index (κ3) is 1.92. The van der Waals surface area contributed by atoms with Crippen LogP contribution in [-0.2, 0) is 14.4 Å². The highest BCUT2D eigenvalue weighted by Gasteiger charge is 2.36. The number of carboxylic acid groups (broad SMARTS) is 1. The van der Waals surface area contributed by atoms with Crippen molar-refractivity contribution in [2.24, 2.45) is 16.5 Å². The van der Waals surface area contributed by atoms with Crippen molar-refractivity contribution in [1.82, 2.24) is 0 Å². The maximum atomic E-state index is 11.0. The Labute approximate surface area is 81.7 Å². The second-order valence-corrected chi connectivity index (χ2v) is 4.08. The van der Waals surface area contributed by atoms with E-state index in [4.69, 9.17) is 5.11 Å². The quantitative estimate of drug-likeness (QED) is 0.689. The molecule has 0 aromatic carbocycles. The molecule has 1 unspecified atom stereocenters. The molecule has 1 aliphatic rings. The molecule has 1 N–H and O–H groups in total. The van der Waals surface area contributed by atoms with Gasteiger partial charge in [0.1, 0.15) is 0 Å². The van der Waals surface area contributed by atoms with Crippen LogP contribution in [-0.4, -0.2) is 22.8 Å². The largest absolute Gasteiger partial charge is 0.481 e. The van der Waals surface area contributed by atoms with Crippen molar-refractivity contribution in [1.29, 1.82) is 0 Å². The Hall–Kier alpha value is -1.39. The molecule has 1 rings (SSSR count). The van der Waals surface area contributed by atoms with Gasteiger partial charge in [0.25, 0.3) is 0 Å². The van der Waals surface area contributed by atoms with Crippen molar-refractivity contribution in [3.05, 3.63) is 0 Å². The van der Waals surface area contributed by atoms with Crippen LogP contribution in [0, 0.1) is 11.3 Å². The second kappa shape index (κ2) is 3.40. The summed E-state index contributed by atoms with van der Waals surface area (Å²) in [6.45, 7) is 4.84. The van der Waals surface area contributed by atoms with Gasteiger partial charge in [0, 0.05) is 6.42 Å². The molecule has 1 atom stereocenters. The topological polar surface area (TPSA) is 76.0 Å². The molecule has 0 aromatic rings. The normalized spacial score (nSPS) is 21.8. The predicted octanol–water partition coefficient (Wildman–Crippen LogP) is 1.04.